The number of hydrogen-bond donors (Lipinski definition) is 1. The Morgan fingerprint density at radius 2 is 2.03 bits per heavy atom. The molecule has 4 rings (SSSR count). The molecule has 8 nitrogen and oxygen atoms in total. The molecule has 1 aliphatic rings. The molecule has 0 aliphatic carbocycles. The molecule has 1 amide bonds. The van der Waals surface area contributed by atoms with E-state index in [0.717, 1.165) is 11.1 Å². The number of nitrogens with one attached hydrogen (secondary N) is 1. The molecule has 0 spiro atoms. The molecule has 0 bridgehead atoms. The maximum atomic E-state index is 14.3. The fourth-order valence-electron chi connectivity index (χ4n) is 3.61. The summed E-state index contributed by atoms with van der Waals surface area (Å²) in [5.41, 5.74) is -0.713. The minimum atomic E-state index is -4.65. The molecular formula is C21H19F5N6O2S. The van der Waals surface area contributed by atoms with E-state index in [9.17, 15) is 26.7 Å². The van der Waals surface area contributed by atoms with Crippen LogP contribution in [0.4, 0.5) is 27.8 Å². The van der Waals surface area contributed by atoms with Crippen LogP contribution in [-0.2, 0) is 10.9 Å². The number of aryl methyl sites for hydroxylation is 1. The monoisotopic (exact) mass is 514 g/mol. The second-order valence-corrected chi connectivity index (χ2v) is 8.96. The number of amides is 1. The zero-order chi connectivity index (χ0) is 25.4. The lowest BCUT2D eigenvalue weighted by molar-refractivity contribution is -0.298. The second kappa shape index (κ2) is 9.41. The van der Waals surface area contributed by atoms with Gasteiger partial charge in [0.15, 0.2) is 5.69 Å². The van der Waals surface area contributed by atoms with E-state index in [0.29, 0.717) is 21.8 Å². The average molecular weight is 514 g/mol. The average Bonchev–Trinajstić information content (AvgIpc) is 3.19. The van der Waals surface area contributed by atoms with Crippen molar-refractivity contribution in [3.05, 3.63) is 53.2 Å². The molecule has 0 aromatic carbocycles. The van der Waals surface area contributed by atoms with E-state index in [1.165, 1.54) is 18.3 Å². The van der Waals surface area contributed by atoms with Crippen molar-refractivity contribution in [1.82, 2.24) is 24.8 Å². The van der Waals surface area contributed by atoms with Gasteiger partial charge in [0.1, 0.15) is 18.1 Å². The lowest BCUT2D eigenvalue weighted by Crippen LogP contribution is -2.61. The predicted molar refractivity (Wildman–Crippen MR) is 116 cm³/mol. The molecule has 0 saturated carbocycles. The smallest absolute Gasteiger partial charge is 0.367 e. The van der Waals surface area contributed by atoms with Gasteiger partial charge in [-0.05, 0) is 26.0 Å². The van der Waals surface area contributed by atoms with Gasteiger partial charge in [0, 0.05) is 12.7 Å². The number of rotatable bonds is 5. The molecule has 14 heteroatoms. The number of pyridine rings is 1. The van der Waals surface area contributed by atoms with Crippen LogP contribution in [0.15, 0.2) is 36.8 Å². The summed E-state index contributed by atoms with van der Waals surface area (Å²) < 4.78 is 71.5. The Balaban J connectivity index is 1.60. The third-order valence-electron chi connectivity index (χ3n) is 5.18. The number of anilines is 1. The normalized spacial score (nSPS) is 20.0. The number of thiazole rings is 1. The van der Waals surface area contributed by atoms with E-state index < -0.39 is 42.6 Å². The zero-order valence-corrected chi connectivity index (χ0v) is 19.2. The van der Waals surface area contributed by atoms with Crippen molar-refractivity contribution < 1.29 is 31.5 Å². The van der Waals surface area contributed by atoms with Crippen LogP contribution in [0.3, 0.4) is 0 Å². The minimum absolute atomic E-state index is 0.0181. The van der Waals surface area contributed by atoms with Crippen molar-refractivity contribution in [2.24, 2.45) is 0 Å². The van der Waals surface area contributed by atoms with Crippen LogP contribution in [0, 0.1) is 6.92 Å². The van der Waals surface area contributed by atoms with E-state index in [2.05, 4.69) is 25.3 Å². The molecule has 3 aromatic heterocycles. The van der Waals surface area contributed by atoms with Crippen molar-refractivity contribution in [2.75, 3.05) is 18.4 Å². The first-order chi connectivity index (χ1) is 16.4. The number of halogens is 5. The fourth-order valence-corrected chi connectivity index (χ4v) is 4.50. The standard InChI is InChI=1S/C21H19F5N6O2S/c1-11-14(7-29-16-9-28-15(8-30-16)21(24,25)26)32(10-20(22,23)34-11)19(33)17-18(35-12(2)31-17)13-5-3-4-6-27-13/h3-6,8-9,11,14H,7,10H2,1-2H3,(H,29,30)/t11-,14+/m0/s1. The molecule has 1 aliphatic heterocycles. The number of hydrogen-bond acceptors (Lipinski definition) is 8. The Morgan fingerprint density at radius 3 is 2.66 bits per heavy atom. The van der Waals surface area contributed by atoms with E-state index >= 15 is 0 Å². The summed E-state index contributed by atoms with van der Waals surface area (Å²) in [4.78, 5) is 30.4. The molecule has 35 heavy (non-hydrogen) atoms. The first kappa shape index (κ1) is 24.9. The van der Waals surface area contributed by atoms with Crippen LogP contribution in [0.5, 0.6) is 0 Å². The van der Waals surface area contributed by atoms with Crippen LogP contribution in [0.2, 0.25) is 0 Å². The number of morpholine rings is 1. The van der Waals surface area contributed by atoms with Gasteiger partial charge in [-0.2, -0.15) is 22.0 Å². The van der Waals surface area contributed by atoms with Gasteiger partial charge in [-0.15, -0.1) is 11.3 Å². The van der Waals surface area contributed by atoms with Crippen LogP contribution in [0.1, 0.15) is 28.1 Å². The maximum Gasteiger partial charge on any atom is 0.434 e. The Hall–Kier alpha value is -3.26. The SMILES string of the molecule is Cc1nc(C(=O)N2CC(F)(F)O[C@@H](C)[C@H]2CNc2cnc(C(F)(F)F)cn2)c(-c2ccccn2)s1. The quantitative estimate of drug-likeness (QED) is 0.509. The molecule has 2 atom stereocenters. The van der Waals surface area contributed by atoms with Crippen molar-refractivity contribution in [1.29, 1.82) is 0 Å². The zero-order valence-electron chi connectivity index (χ0n) is 18.4. The van der Waals surface area contributed by atoms with E-state index in [1.54, 1.807) is 31.3 Å². The van der Waals surface area contributed by atoms with Crippen LogP contribution in [0.25, 0.3) is 10.6 Å². The van der Waals surface area contributed by atoms with Crippen molar-refractivity contribution in [3.8, 4) is 10.6 Å². The highest BCUT2D eigenvalue weighted by atomic mass is 32.1. The summed E-state index contributed by atoms with van der Waals surface area (Å²) in [6, 6.07) is 4.20. The Bertz CT molecular complexity index is 1190. The highest BCUT2D eigenvalue weighted by molar-refractivity contribution is 7.15. The van der Waals surface area contributed by atoms with Gasteiger partial charge in [0.2, 0.25) is 0 Å². The summed E-state index contributed by atoms with van der Waals surface area (Å²) in [7, 11) is 0. The van der Waals surface area contributed by atoms with Gasteiger partial charge in [-0.1, -0.05) is 6.07 Å². The Labute approximate surface area is 200 Å². The molecule has 0 unspecified atom stereocenters. The summed E-state index contributed by atoms with van der Waals surface area (Å²) in [5.74, 6) is -0.760. The van der Waals surface area contributed by atoms with Gasteiger partial charge in [0.25, 0.3) is 5.91 Å². The number of ether oxygens (including phenoxy) is 1. The molecule has 1 N–H and O–H groups in total. The summed E-state index contributed by atoms with van der Waals surface area (Å²) in [6.45, 7) is 1.90. The van der Waals surface area contributed by atoms with E-state index in [1.807, 2.05) is 0 Å². The topological polar surface area (TPSA) is 93.1 Å². The summed E-state index contributed by atoms with van der Waals surface area (Å²) >= 11 is 1.21. The Kier molecular flexibility index (Phi) is 6.68. The molecule has 186 valence electrons. The highest BCUT2D eigenvalue weighted by Crippen LogP contribution is 2.34. The number of nitrogens with zero attached hydrogens (tertiary/aromatic N) is 5. The summed E-state index contributed by atoms with van der Waals surface area (Å²) in [5, 5.41) is 3.30. The molecule has 1 saturated heterocycles. The molecule has 0 radical (unpaired) electrons. The number of carbonyl (C=O) groups is 1. The number of carbonyl (C=O) groups excluding carboxylic acids is 1. The van der Waals surface area contributed by atoms with Gasteiger partial charge >= 0.3 is 12.3 Å². The lowest BCUT2D eigenvalue weighted by Gasteiger charge is -2.43. The van der Waals surface area contributed by atoms with Crippen LogP contribution in [-0.4, -0.2) is 62.1 Å². The van der Waals surface area contributed by atoms with Crippen molar-refractivity contribution in [2.45, 2.75) is 38.3 Å². The second-order valence-electron chi connectivity index (χ2n) is 7.75. The van der Waals surface area contributed by atoms with Gasteiger partial charge in [-0.25, -0.2) is 15.0 Å². The first-order valence-electron chi connectivity index (χ1n) is 10.3. The third kappa shape index (κ3) is 5.53. The molecular weight excluding hydrogens is 495 g/mol. The predicted octanol–water partition coefficient (Wildman–Crippen LogP) is 4.26. The van der Waals surface area contributed by atoms with Crippen LogP contribution < -0.4 is 5.32 Å². The number of aromatic nitrogens is 4. The van der Waals surface area contributed by atoms with Gasteiger partial charge in [0.05, 0.1) is 40.1 Å². The van der Waals surface area contributed by atoms with E-state index in [4.69, 9.17) is 4.74 Å². The maximum absolute atomic E-state index is 14.3. The molecule has 4 heterocycles. The van der Waals surface area contributed by atoms with Gasteiger partial charge < -0.3 is 15.0 Å². The third-order valence-corrected chi connectivity index (χ3v) is 6.18. The summed E-state index contributed by atoms with van der Waals surface area (Å²) in [6.07, 6.45) is -6.39. The molecule has 1 fully saturated rings. The molecule has 3 aromatic rings. The minimum Gasteiger partial charge on any atom is -0.367 e. The Morgan fingerprint density at radius 1 is 1.26 bits per heavy atom. The van der Waals surface area contributed by atoms with Gasteiger partial charge in [-0.3, -0.25) is 9.78 Å². The van der Waals surface area contributed by atoms with E-state index in [-0.39, 0.29) is 18.1 Å². The fraction of sp³-hybridized carbons (Fsp3) is 0.381. The first-order valence-corrected chi connectivity index (χ1v) is 11.1. The van der Waals surface area contributed by atoms with Crippen molar-refractivity contribution >= 4 is 23.1 Å². The van der Waals surface area contributed by atoms with Crippen molar-refractivity contribution in [3.63, 3.8) is 0 Å². The largest absolute Gasteiger partial charge is 0.434 e. The highest BCUT2D eigenvalue weighted by Gasteiger charge is 2.48. The van der Waals surface area contributed by atoms with Crippen LogP contribution >= 0.6 is 11.3 Å². The number of alkyl halides is 5. The lowest BCUT2D eigenvalue weighted by atomic mass is 10.1.